The van der Waals surface area contributed by atoms with Crippen molar-refractivity contribution in [2.75, 3.05) is 6.54 Å². The lowest BCUT2D eigenvalue weighted by atomic mass is 9.90. The summed E-state index contributed by atoms with van der Waals surface area (Å²) in [5, 5.41) is 2.98. The normalized spacial score (nSPS) is 18.5. The molecule has 1 saturated carbocycles. The first-order chi connectivity index (χ1) is 15.1. The minimum atomic E-state index is -0.416. The van der Waals surface area contributed by atoms with Crippen molar-refractivity contribution in [2.24, 2.45) is 0 Å². The lowest BCUT2D eigenvalue weighted by Gasteiger charge is -2.36. The van der Waals surface area contributed by atoms with Gasteiger partial charge in [0.15, 0.2) is 5.82 Å². The summed E-state index contributed by atoms with van der Waals surface area (Å²) in [4.78, 5) is 34.9. The molecule has 0 unspecified atom stereocenters. The number of hydrogen-bond acceptors (Lipinski definition) is 4. The van der Waals surface area contributed by atoms with Crippen molar-refractivity contribution in [1.82, 2.24) is 20.2 Å². The molecule has 1 aliphatic rings. The molecule has 2 atom stereocenters. The number of amides is 2. The summed E-state index contributed by atoms with van der Waals surface area (Å²) in [5.74, 6) is 0.261. The van der Waals surface area contributed by atoms with E-state index >= 15 is 0 Å². The molecule has 162 valence electrons. The van der Waals surface area contributed by atoms with E-state index in [4.69, 9.17) is 4.74 Å². The molecule has 1 aromatic heterocycles. The summed E-state index contributed by atoms with van der Waals surface area (Å²) < 4.78 is 5.36. The molecule has 0 bridgehead atoms. The van der Waals surface area contributed by atoms with Crippen molar-refractivity contribution >= 4 is 23.0 Å². The smallest absolute Gasteiger partial charge is 0.407 e. The van der Waals surface area contributed by atoms with E-state index in [0.29, 0.717) is 18.8 Å². The second-order valence-corrected chi connectivity index (χ2v) is 7.92. The van der Waals surface area contributed by atoms with Crippen LogP contribution in [0.2, 0.25) is 0 Å². The lowest BCUT2D eigenvalue weighted by Crippen LogP contribution is -2.48. The van der Waals surface area contributed by atoms with E-state index in [0.717, 1.165) is 35.9 Å². The van der Waals surface area contributed by atoms with Crippen LogP contribution in [0.3, 0.4) is 0 Å². The third kappa shape index (κ3) is 5.05. The SMILES string of the molecule is CCN(C(=O)c1nc2ccccc2[nH]1)[C@H]1CCC[C@@H](NC(=O)OCc2ccccc2)C1. The van der Waals surface area contributed by atoms with Crippen LogP contribution >= 0.6 is 0 Å². The van der Waals surface area contributed by atoms with Crippen LogP contribution in [0.25, 0.3) is 11.0 Å². The number of benzene rings is 2. The van der Waals surface area contributed by atoms with Gasteiger partial charge in [-0.15, -0.1) is 0 Å². The number of carbonyl (C=O) groups excluding carboxylic acids is 2. The largest absolute Gasteiger partial charge is 0.445 e. The molecule has 1 heterocycles. The van der Waals surface area contributed by atoms with Crippen molar-refractivity contribution in [3.8, 4) is 0 Å². The highest BCUT2D eigenvalue weighted by atomic mass is 16.5. The number of nitrogens with one attached hydrogen (secondary N) is 2. The number of aromatic nitrogens is 2. The van der Waals surface area contributed by atoms with Gasteiger partial charge in [-0.1, -0.05) is 42.5 Å². The Hall–Kier alpha value is -3.35. The van der Waals surface area contributed by atoms with Gasteiger partial charge < -0.3 is 19.9 Å². The van der Waals surface area contributed by atoms with Crippen LogP contribution in [-0.4, -0.2) is 45.5 Å². The van der Waals surface area contributed by atoms with Crippen molar-refractivity contribution in [3.05, 3.63) is 66.0 Å². The van der Waals surface area contributed by atoms with Crippen LogP contribution in [0.5, 0.6) is 0 Å². The molecular formula is C24H28N4O3. The zero-order chi connectivity index (χ0) is 21.6. The molecule has 7 nitrogen and oxygen atoms in total. The fourth-order valence-electron chi connectivity index (χ4n) is 4.27. The van der Waals surface area contributed by atoms with Gasteiger partial charge in [-0.3, -0.25) is 4.79 Å². The van der Waals surface area contributed by atoms with E-state index in [1.807, 2.05) is 66.4 Å². The van der Waals surface area contributed by atoms with Gasteiger partial charge in [0.1, 0.15) is 6.61 Å². The summed E-state index contributed by atoms with van der Waals surface area (Å²) in [6.07, 6.45) is 3.03. The van der Waals surface area contributed by atoms with E-state index in [9.17, 15) is 9.59 Å². The molecule has 2 amide bonds. The van der Waals surface area contributed by atoms with Crippen molar-refractivity contribution in [3.63, 3.8) is 0 Å². The summed E-state index contributed by atoms with van der Waals surface area (Å²) in [5.41, 5.74) is 2.59. The van der Waals surface area contributed by atoms with Gasteiger partial charge in [0.05, 0.1) is 11.0 Å². The molecular weight excluding hydrogens is 392 g/mol. The average molecular weight is 421 g/mol. The van der Waals surface area contributed by atoms with Gasteiger partial charge >= 0.3 is 6.09 Å². The van der Waals surface area contributed by atoms with Gasteiger partial charge in [0.25, 0.3) is 5.91 Å². The summed E-state index contributed by atoms with van der Waals surface area (Å²) in [7, 11) is 0. The van der Waals surface area contributed by atoms with Gasteiger partial charge in [-0.05, 0) is 50.3 Å². The summed E-state index contributed by atoms with van der Waals surface area (Å²) in [6, 6.07) is 17.3. The topological polar surface area (TPSA) is 87.3 Å². The van der Waals surface area contributed by atoms with Crippen LogP contribution in [0, 0.1) is 0 Å². The lowest BCUT2D eigenvalue weighted by molar-refractivity contribution is 0.0614. The Bertz CT molecular complexity index is 1000. The third-order valence-corrected chi connectivity index (χ3v) is 5.82. The number of hydrogen-bond donors (Lipinski definition) is 2. The predicted molar refractivity (Wildman–Crippen MR) is 119 cm³/mol. The number of para-hydroxylation sites is 2. The molecule has 2 N–H and O–H groups in total. The molecule has 3 aromatic rings. The number of carbonyl (C=O) groups is 2. The van der Waals surface area contributed by atoms with Crippen LogP contribution in [0.4, 0.5) is 4.79 Å². The molecule has 31 heavy (non-hydrogen) atoms. The molecule has 2 aromatic carbocycles. The minimum absolute atomic E-state index is 0.0143. The average Bonchev–Trinajstić information content (AvgIpc) is 3.24. The number of ether oxygens (including phenoxy) is 1. The fraction of sp³-hybridized carbons (Fsp3) is 0.375. The van der Waals surface area contributed by atoms with Crippen molar-refractivity contribution in [1.29, 1.82) is 0 Å². The Morgan fingerprint density at radius 3 is 2.68 bits per heavy atom. The maximum absolute atomic E-state index is 13.2. The second kappa shape index (κ2) is 9.64. The van der Waals surface area contributed by atoms with Gasteiger partial charge in [-0.2, -0.15) is 0 Å². The van der Waals surface area contributed by atoms with E-state index in [1.165, 1.54) is 0 Å². The Morgan fingerprint density at radius 1 is 1.13 bits per heavy atom. The molecule has 4 rings (SSSR count). The molecule has 0 radical (unpaired) electrons. The fourth-order valence-corrected chi connectivity index (χ4v) is 4.27. The molecule has 0 spiro atoms. The number of nitrogens with zero attached hydrogens (tertiary/aromatic N) is 2. The summed E-state index contributed by atoms with van der Waals surface area (Å²) in [6.45, 7) is 2.81. The second-order valence-electron chi connectivity index (χ2n) is 7.92. The Kier molecular flexibility index (Phi) is 6.50. The van der Waals surface area contributed by atoms with Crippen molar-refractivity contribution in [2.45, 2.75) is 51.3 Å². The molecule has 0 saturated heterocycles. The maximum Gasteiger partial charge on any atom is 0.407 e. The van der Waals surface area contributed by atoms with E-state index < -0.39 is 6.09 Å². The highest BCUT2D eigenvalue weighted by molar-refractivity contribution is 5.94. The Morgan fingerprint density at radius 2 is 1.90 bits per heavy atom. The monoisotopic (exact) mass is 420 g/mol. The zero-order valence-electron chi connectivity index (χ0n) is 17.7. The number of fused-ring (bicyclic) bond motifs is 1. The minimum Gasteiger partial charge on any atom is -0.445 e. The molecule has 0 aliphatic heterocycles. The highest BCUT2D eigenvalue weighted by Gasteiger charge is 2.31. The van der Waals surface area contributed by atoms with Crippen LogP contribution in [0.1, 0.15) is 48.8 Å². The molecule has 1 fully saturated rings. The zero-order valence-corrected chi connectivity index (χ0v) is 17.7. The first-order valence-corrected chi connectivity index (χ1v) is 10.9. The third-order valence-electron chi connectivity index (χ3n) is 5.82. The van der Waals surface area contributed by atoms with Gasteiger partial charge in [-0.25, -0.2) is 9.78 Å². The quantitative estimate of drug-likeness (QED) is 0.624. The predicted octanol–water partition coefficient (Wildman–Crippen LogP) is 4.26. The number of alkyl carbamates (subject to hydrolysis) is 1. The maximum atomic E-state index is 13.2. The molecule has 7 heteroatoms. The number of rotatable bonds is 6. The van der Waals surface area contributed by atoms with E-state index in [-0.39, 0.29) is 24.6 Å². The Labute approximate surface area is 181 Å². The highest BCUT2D eigenvalue weighted by Crippen LogP contribution is 2.25. The van der Waals surface area contributed by atoms with Gasteiger partial charge in [0, 0.05) is 18.6 Å². The number of H-pyrrole nitrogens is 1. The van der Waals surface area contributed by atoms with Crippen molar-refractivity contribution < 1.29 is 14.3 Å². The number of aromatic amines is 1. The van der Waals surface area contributed by atoms with E-state index in [1.54, 1.807) is 0 Å². The van der Waals surface area contributed by atoms with Crippen LogP contribution in [0.15, 0.2) is 54.6 Å². The van der Waals surface area contributed by atoms with E-state index in [2.05, 4.69) is 15.3 Å². The summed E-state index contributed by atoms with van der Waals surface area (Å²) >= 11 is 0. The van der Waals surface area contributed by atoms with Gasteiger partial charge in [0.2, 0.25) is 0 Å². The first kappa shape index (κ1) is 20.9. The van der Waals surface area contributed by atoms with Crippen LogP contribution < -0.4 is 5.32 Å². The molecule has 1 aliphatic carbocycles. The standard InChI is InChI=1S/C24H28N4O3/c1-2-28(23(29)22-26-20-13-6-7-14-21(20)27-22)19-12-8-11-18(15-19)25-24(30)31-16-17-9-4-3-5-10-17/h3-7,9-10,13-14,18-19H,2,8,11-12,15-16H2,1H3,(H,25,30)(H,26,27)/t18-,19+/m1/s1. The number of imidazole rings is 1. The Balaban J connectivity index is 1.35. The van der Waals surface area contributed by atoms with Crippen LogP contribution in [-0.2, 0) is 11.3 Å². The first-order valence-electron chi connectivity index (χ1n) is 10.9.